The molecule has 1 aromatic carbocycles. The summed E-state index contributed by atoms with van der Waals surface area (Å²) in [5.74, 6) is 0.621. The fourth-order valence-corrected chi connectivity index (χ4v) is 1.87. The van der Waals surface area contributed by atoms with Gasteiger partial charge in [-0.15, -0.1) is 0 Å². The van der Waals surface area contributed by atoms with Crippen molar-refractivity contribution < 1.29 is 0 Å². The summed E-state index contributed by atoms with van der Waals surface area (Å²) < 4.78 is 0. The van der Waals surface area contributed by atoms with Crippen molar-refractivity contribution in [1.82, 2.24) is 15.0 Å². The summed E-state index contributed by atoms with van der Waals surface area (Å²) in [5, 5.41) is 0.384. The van der Waals surface area contributed by atoms with Crippen molar-refractivity contribution in [2.45, 2.75) is 0 Å². The van der Waals surface area contributed by atoms with E-state index in [-0.39, 0.29) is 0 Å². The minimum Gasteiger partial charge on any atom is -0.251 e. The van der Waals surface area contributed by atoms with E-state index in [2.05, 4.69) is 15.0 Å². The molecule has 0 radical (unpaired) electrons. The zero-order chi connectivity index (χ0) is 11.7. The van der Waals surface area contributed by atoms with E-state index in [1.54, 1.807) is 6.20 Å². The van der Waals surface area contributed by atoms with E-state index in [9.17, 15) is 0 Å². The van der Waals surface area contributed by atoms with Gasteiger partial charge in [-0.3, -0.25) is 4.98 Å². The van der Waals surface area contributed by atoms with E-state index in [1.807, 2.05) is 42.5 Å². The molecule has 82 valence electrons. The first-order chi connectivity index (χ1) is 8.34. The Hall–Kier alpha value is -2.00. The van der Waals surface area contributed by atoms with Gasteiger partial charge in [-0.2, -0.15) is 0 Å². The molecule has 0 spiro atoms. The number of hydrogen-bond donors (Lipinski definition) is 0. The molecule has 0 aliphatic heterocycles. The fraction of sp³-hybridized carbons (Fsp3) is 0. The molecule has 0 bridgehead atoms. The van der Waals surface area contributed by atoms with E-state index < -0.39 is 0 Å². The Morgan fingerprint density at radius 1 is 0.882 bits per heavy atom. The molecule has 0 amide bonds. The lowest BCUT2D eigenvalue weighted by Gasteiger charge is -2.03. The normalized spacial score (nSPS) is 10.6. The second-order valence-corrected chi connectivity index (χ2v) is 3.93. The van der Waals surface area contributed by atoms with Crippen LogP contribution in [0.3, 0.4) is 0 Å². The first-order valence-corrected chi connectivity index (χ1v) is 5.56. The van der Waals surface area contributed by atoms with Crippen molar-refractivity contribution in [2.75, 3.05) is 0 Å². The van der Waals surface area contributed by atoms with Gasteiger partial charge in [0, 0.05) is 11.8 Å². The highest BCUT2D eigenvalue weighted by molar-refractivity contribution is 6.33. The van der Waals surface area contributed by atoms with E-state index in [1.165, 1.54) is 0 Å². The molecule has 2 heterocycles. The minimum absolute atomic E-state index is 0.384. The molecule has 0 unspecified atom stereocenters. The van der Waals surface area contributed by atoms with Gasteiger partial charge in [-0.1, -0.05) is 41.9 Å². The lowest BCUT2D eigenvalue weighted by molar-refractivity contribution is 1.20. The number of hydrogen-bond acceptors (Lipinski definition) is 3. The number of fused-ring (bicyclic) bond motifs is 1. The van der Waals surface area contributed by atoms with Crippen LogP contribution in [-0.4, -0.2) is 15.0 Å². The number of benzene rings is 1. The summed E-state index contributed by atoms with van der Waals surface area (Å²) >= 11 is 6.10. The Labute approximate surface area is 103 Å². The van der Waals surface area contributed by atoms with E-state index in [0.29, 0.717) is 16.5 Å². The number of pyridine rings is 1. The van der Waals surface area contributed by atoms with Gasteiger partial charge >= 0.3 is 0 Å². The lowest BCUT2D eigenvalue weighted by Crippen LogP contribution is -1.92. The molecule has 0 atom stereocenters. The van der Waals surface area contributed by atoms with Crippen LogP contribution in [0.4, 0.5) is 0 Å². The molecule has 4 heteroatoms. The van der Waals surface area contributed by atoms with Gasteiger partial charge in [0.05, 0.1) is 5.52 Å². The Balaban J connectivity index is 2.26. The molecule has 17 heavy (non-hydrogen) atoms. The van der Waals surface area contributed by atoms with Gasteiger partial charge in [-0.05, 0) is 12.1 Å². The summed E-state index contributed by atoms with van der Waals surface area (Å²) in [7, 11) is 0. The smallest absolute Gasteiger partial charge is 0.161 e. The summed E-state index contributed by atoms with van der Waals surface area (Å²) in [6.07, 6.45) is 1.68. The van der Waals surface area contributed by atoms with Crippen LogP contribution in [-0.2, 0) is 0 Å². The Morgan fingerprint density at radius 3 is 2.53 bits per heavy atom. The van der Waals surface area contributed by atoms with E-state index in [4.69, 9.17) is 11.6 Å². The standard InChI is InChI=1S/C13H8ClN3/c14-12-11-10(7-4-8-15-11)16-13(17-12)9-5-2-1-3-6-9/h1-8H. The van der Waals surface area contributed by atoms with Gasteiger partial charge in [0.15, 0.2) is 11.0 Å². The number of rotatable bonds is 1. The van der Waals surface area contributed by atoms with Crippen LogP contribution in [0, 0.1) is 0 Å². The number of nitrogens with zero attached hydrogens (tertiary/aromatic N) is 3. The van der Waals surface area contributed by atoms with E-state index >= 15 is 0 Å². The second-order valence-electron chi connectivity index (χ2n) is 3.58. The maximum atomic E-state index is 6.10. The van der Waals surface area contributed by atoms with Crippen LogP contribution >= 0.6 is 11.6 Å². The highest BCUT2D eigenvalue weighted by atomic mass is 35.5. The molecule has 0 aliphatic rings. The SMILES string of the molecule is Clc1nc(-c2ccccc2)nc2cccnc12. The predicted octanol–water partition coefficient (Wildman–Crippen LogP) is 3.35. The summed E-state index contributed by atoms with van der Waals surface area (Å²) in [6.45, 7) is 0. The van der Waals surface area contributed by atoms with Gasteiger partial charge in [0.2, 0.25) is 0 Å². The molecule has 3 nitrogen and oxygen atoms in total. The van der Waals surface area contributed by atoms with Crippen LogP contribution in [0.1, 0.15) is 0 Å². The van der Waals surface area contributed by atoms with Crippen LogP contribution in [0.2, 0.25) is 5.15 Å². The molecule has 2 aromatic heterocycles. The summed E-state index contributed by atoms with van der Waals surface area (Å²) in [4.78, 5) is 12.9. The van der Waals surface area contributed by atoms with Crippen molar-refractivity contribution in [2.24, 2.45) is 0 Å². The third kappa shape index (κ3) is 1.85. The fourth-order valence-electron chi connectivity index (χ4n) is 1.65. The predicted molar refractivity (Wildman–Crippen MR) is 67.8 cm³/mol. The highest BCUT2D eigenvalue weighted by Crippen LogP contribution is 2.22. The minimum atomic E-state index is 0.384. The zero-order valence-corrected chi connectivity index (χ0v) is 9.59. The maximum absolute atomic E-state index is 6.10. The average molecular weight is 242 g/mol. The molecule has 0 aliphatic carbocycles. The summed E-state index contributed by atoms with van der Waals surface area (Å²) in [6, 6.07) is 13.5. The number of aromatic nitrogens is 3. The highest BCUT2D eigenvalue weighted by Gasteiger charge is 2.07. The largest absolute Gasteiger partial charge is 0.251 e. The zero-order valence-electron chi connectivity index (χ0n) is 8.84. The molecule has 0 saturated carbocycles. The van der Waals surface area contributed by atoms with Crippen molar-refractivity contribution in [3.63, 3.8) is 0 Å². The van der Waals surface area contributed by atoms with Gasteiger partial charge < -0.3 is 0 Å². The Bertz CT molecular complexity index is 668. The Kier molecular flexibility index (Phi) is 2.46. The lowest BCUT2D eigenvalue weighted by atomic mass is 10.2. The number of halogens is 1. The van der Waals surface area contributed by atoms with Crippen LogP contribution in [0.5, 0.6) is 0 Å². The first-order valence-electron chi connectivity index (χ1n) is 5.18. The quantitative estimate of drug-likeness (QED) is 0.614. The van der Waals surface area contributed by atoms with Gasteiger partial charge in [0.1, 0.15) is 5.52 Å². The van der Waals surface area contributed by atoms with Crippen LogP contribution in [0.25, 0.3) is 22.4 Å². The van der Waals surface area contributed by atoms with Crippen molar-refractivity contribution >= 4 is 22.6 Å². The average Bonchev–Trinajstić information content (AvgIpc) is 2.40. The topological polar surface area (TPSA) is 38.7 Å². The van der Waals surface area contributed by atoms with Crippen LogP contribution < -0.4 is 0 Å². The van der Waals surface area contributed by atoms with Crippen molar-refractivity contribution in [3.8, 4) is 11.4 Å². The molecule has 0 fully saturated rings. The molecular formula is C13H8ClN3. The maximum Gasteiger partial charge on any atom is 0.161 e. The van der Waals surface area contributed by atoms with Crippen molar-refractivity contribution in [3.05, 3.63) is 53.8 Å². The summed E-state index contributed by atoms with van der Waals surface area (Å²) in [5.41, 5.74) is 2.33. The second kappa shape index (κ2) is 4.11. The molecular weight excluding hydrogens is 234 g/mol. The van der Waals surface area contributed by atoms with Gasteiger partial charge in [0.25, 0.3) is 0 Å². The third-order valence-electron chi connectivity index (χ3n) is 2.44. The van der Waals surface area contributed by atoms with E-state index in [0.717, 1.165) is 11.1 Å². The van der Waals surface area contributed by atoms with Crippen molar-refractivity contribution in [1.29, 1.82) is 0 Å². The van der Waals surface area contributed by atoms with Gasteiger partial charge in [-0.25, -0.2) is 9.97 Å². The molecule has 3 aromatic rings. The molecule has 3 rings (SSSR count). The Morgan fingerprint density at radius 2 is 1.71 bits per heavy atom. The molecule has 0 saturated heterocycles. The molecule has 0 N–H and O–H groups in total. The van der Waals surface area contributed by atoms with Crippen LogP contribution in [0.15, 0.2) is 48.7 Å². The first kappa shape index (κ1) is 10.2. The third-order valence-corrected chi connectivity index (χ3v) is 2.71. The monoisotopic (exact) mass is 241 g/mol.